The molecule has 0 radical (unpaired) electrons. The maximum Gasteiger partial charge on any atom is 0.189 e. The number of nitrogens with one attached hydrogen (secondary N) is 4. The topological polar surface area (TPSA) is 48.1 Å². The smallest absolute Gasteiger partial charge is 0.189 e. The van der Waals surface area contributed by atoms with Crippen LogP contribution in [0.4, 0.5) is 11.4 Å². The van der Waals surface area contributed by atoms with Crippen molar-refractivity contribution in [3.8, 4) is 0 Å². The van der Waals surface area contributed by atoms with Gasteiger partial charge in [-0.05, 0) is 67.6 Å². The molecule has 0 spiro atoms. The summed E-state index contributed by atoms with van der Waals surface area (Å²) in [6, 6.07) is 13.5. The lowest BCUT2D eigenvalue weighted by atomic mass is 10.2. The molecule has 120 valence electrons. The molecule has 0 aliphatic carbocycles. The molecule has 0 atom stereocenters. The summed E-state index contributed by atoms with van der Waals surface area (Å²) in [6.07, 6.45) is 0. The fourth-order valence-corrected chi connectivity index (χ4v) is 2.37. The fraction of sp³-hybridized carbons (Fsp3) is 0.125. The van der Waals surface area contributed by atoms with Crippen molar-refractivity contribution in [2.75, 3.05) is 10.6 Å². The van der Waals surface area contributed by atoms with Crippen LogP contribution in [0.5, 0.6) is 0 Å². The summed E-state index contributed by atoms with van der Waals surface area (Å²) >= 11 is 16.5. The highest BCUT2D eigenvalue weighted by Gasteiger charge is 2.05. The zero-order valence-electron chi connectivity index (χ0n) is 12.7. The summed E-state index contributed by atoms with van der Waals surface area (Å²) in [6.45, 7) is 3.93. The Balaban J connectivity index is 1.86. The van der Waals surface area contributed by atoms with Crippen molar-refractivity contribution in [2.45, 2.75) is 13.8 Å². The second kappa shape index (κ2) is 8.10. The zero-order valence-corrected chi connectivity index (χ0v) is 15.1. The number of anilines is 2. The number of halogens is 1. The first-order chi connectivity index (χ1) is 11.0. The van der Waals surface area contributed by atoms with Gasteiger partial charge >= 0.3 is 0 Å². The van der Waals surface area contributed by atoms with Gasteiger partial charge in [-0.15, -0.1) is 0 Å². The second-order valence-corrected chi connectivity index (χ2v) is 6.11. The van der Waals surface area contributed by atoms with E-state index in [0.29, 0.717) is 15.2 Å². The predicted molar refractivity (Wildman–Crippen MR) is 106 cm³/mol. The van der Waals surface area contributed by atoms with Crippen molar-refractivity contribution < 1.29 is 0 Å². The minimum Gasteiger partial charge on any atom is -0.331 e. The van der Waals surface area contributed by atoms with Crippen LogP contribution in [0.2, 0.25) is 5.02 Å². The first-order valence-electron chi connectivity index (χ1n) is 6.92. The van der Waals surface area contributed by atoms with E-state index in [4.69, 9.17) is 36.0 Å². The summed E-state index contributed by atoms with van der Waals surface area (Å²) in [7, 11) is 0. The standard InChI is InChI=1S/C16H17ClN4S2/c1-10-6-3-4-8-13(10)18-15(22)20-21-16(23)19-14-9-5-7-12(17)11(14)2/h3-9H,1-2H3,(H2,18,20,22)(H2,19,21,23). The highest BCUT2D eigenvalue weighted by atomic mass is 35.5. The first-order valence-corrected chi connectivity index (χ1v) is 8.11. The summed E-state index contributed by atoms with van der Waals surface area (Å²) in [4.78, 5) is 0. The SMILES string of the molecule is Cc1ccccc1NC(=S)NNC(=S)Nc1cccc(Cl)c1C. The van der Waals surface area contributed by atoms with E-state index in [9.17, 15) is 0 Å². The molecule has 0 bridgehead atoms. The van der Waals surface area contributed by atoms with E-state index in [0.717, 1.165) is 22.5 Å². The quantitative estimate of drug-likeness (QED) is 0.474. The van der Waals surface area contributed by atoms with Crippen LogP contribution in [0.3, 0.4) is 0 Å². The fourth-order valence-electron chi connectivity index (χ4n) is 1.88. The van der Waals surface area contributed by atoms with Crippen molar-refractivity contribution in [1.29, 1.82) is 0 Å². The number of aryl methyl sites for hydroxylation is 1. The van der Waals surface area contributed by atoms with Crippen molar-refractivity contribution >= 4 is 57.6 Å². The minimum absolute atomic E-state index is 0.393. The molecule has 0 fully saturated rings. The van der Waals surface area contributed by atoms with Crippen LogP contribution in [0.15, 0.2) is 42.5 Å². The van der Waals surface area contributed by atoms with Gasteiger partial charge in [-0.25, -0.2) is 0 Å². The molecule has 2 aromatic rings. The molecule has 0 heterocycles. The van der Waals surface area contributed by atoms with Gasteiger partial charge < -0.3 is 10.6 Å². The van der Waals surface area contributed by atoms with Gasteiger partial charge in [0.25, 0.3) is 0 Å². The lowest BCUT2D eigenvalue weighted by molar-refractivity contribution is 0.885. The van der Waals surface area contributed by atoms with Crippen LogP contribution in [0.25, 0.3) is 0 Å². The third-order valence-electron chi connectivity index (χ3n) is 3.20. The van der Waals surface area contributed by atoms with Gasteiger partial charge in [0.2, 0.25) is 0 Å². The number of hydrogen-bond acceptors (Lipinski definition) is 2. The molecule has 0 saturated carbocycles. The van der Waals surface area contributed by atoms with E-state index in [1.54, 1.807) is 0 Å². The van der Waals surface area contributed by atoms with E-state index >= 15 is 0 Å². The lowest BCUT2D eigenvalue weighted by Gasteiger charge is -2.16. The van der Waals surface area contributed by atoms with Crippen molar-refractivity contribution in [1.82, 2.24) is 10.9 Å². The van der Waals surface area contributed by atoms with E-state index in [1.165, 1.54) is 0 Å². The average Bonchev–Trinajstić information content (AvgIpc) is 2.52. The van der Waals surface area contributed by atoms with Gasteiger partial charge in [0.1, 0.15) is 0 Å². The molecule has 0 amide bonds. The summed E-state index contributed by atoms with van der Waals surface area (Å²) in [5.41, 5.74) is 9.50. The van der Waals surface area contributed by atoms with Crippen LogP contribution < -0.4 is 21.5 Å². The zero-order chi connectivity index (χ0) is 16.8. The van der Waals surface area contributed by atoms with Gasteiger partial charge in [0.15, 0.2) is 10.2 Å². The molecule has 4 N–H and O–H groups in total. The Labute approximate surface area is 151 Å². The Bertz CT molecular complexity index is 734. The Kier molecular flexibility index (Phi) is 6.15. The lowest BCUT2D eigenvalue weighted by Crippen LogP contribution is -2.45. The third-order valence-corrected chi connectivity index (χ3v) is 4.02. The molecule has 7 heteroatoms. The number of rotatable bonds is 2. The monoisotopic (exact) mass is 364 g/mol. The molecule has 4 nitrogen and oxygen atoms in total. The Morgan fingerprint density at radius 3 is 2.04 bits per heavy atom. The van der Waals surface area contributed by atoms with Gasteiger partial charge in [-0.3, -0.25) is 10.9 Å². The summed E-state index contributed by atoms with van der Waals surface area (Å²) < 4.78 is 0. The van der Waals surface area contributed by atoms with E-state index < -0.39 is 0 Å². The van der Waals surface area contributed by atoms with Crippen molar-refractivity contribution in [2.24, 2.45) is 0 Å². The minimum atomic E-state index is 0.393. The van der Waals surface area contributed by atoms with Gasteiger partial charge in [-0.1, -0.05) is 35.9 Å². The molecular weight excluding hydrogens is 348 g/mol. The number of hydrazine groups is 1. The number of thiocarbonyl (C=S) groups is 2. The average molecular weight is 365 g/mol. The molecule has 2 aromatic carbocycles. The number of para-hydroxylation sites is 1. The molecule has 0 aliphatic rings. The summed E-state index contributed by atoms with van der Waals surface area (Å²) in [5.74, 6) is 0. The first kappa shape index (κ1) is 17.5. The van der Waals surface area contributed by atoms with E-state index in [-0.39, 0.29) is 0 Å². The normalized spacial score (nSPS) is 9.87. The summed E-state index contributed by atoms with van der Waals surface area (Å²) in [5, 5.41) is 7.67. The van der Waals surface area contributed by atoms with Crippen LogP contribution in [0.1, 0.15) is 11.1 Å². The Morgan fingerprint density at radius 1 is 0.826 bits per heavy atom. The molecule has 0 saturated heterocycles. The number of benzene rings is 2. The molecule has 2 rings (SSSR count). The molecule has 0 aliphatic heterocycles. The second-order valence-electron chi connectivity index (χ2n) is 4.89. The van der Waals surface area contributed by atoms with Crippen molar-refractivity contribution in [3.05, 3.63) is 58.6 Å². The predicted octanol–water partition coefficient (Wildman–Crippen LogP) is 4.14. The van der Waals surface area contributed by atoms with Crippen LogP contribution in [0, 0.1) is 13.8 Å². The maximum absolute atomic E-state index is 6.08. The van der Waals surface area contributed by atoms with Crippen LogP contribution >= 0.6 is 36.0 Å². The highest BCUT2D eigenvalue weighted by molar-refractivity contribution is 7.81. The van der Waals surface area contributed by atoms with Gasteiger partial charge in [0, 0.05) is 16.4 Å². The number of hydrogen-bond donors (Lipinski definition) is 4. The molecular formula is C16H17ClN4S2. The van der Waals surface area contributed by atoms with E-state index in [2.05, 4.69) is 21.5 Å². The molecule has 0 aromatic heterocycles. The van der Waals surface area contributed by atoms with Gasteiger partial charge in [0.05, 0.1) is 0 Å². The van der Waals surface area contributed by atoms with Crippen LogP contribution in [-0.2, 0) is 0 Å². The third kappa shape index (κ3) is 5.06. The molecule has 0 unspecified atom stereocenters. The van der Waals surface area contributed by atoms with Gasteiger partial charge in [-0.2, -0.15) is 0 Å². The van der Waals surface area contributed by atoms with Crippen LogP contribution in [-0.4, -0.2) is 10.2 Å². The van der Waals surface area contributed by atoms with Crippen molar-refractivity contribution in [3.63, 3.8) is 0 Å². The Morgan fingerprint density at radius 2 is 1.39 bits per heavy atom. The van der Waals surface area contributed by atoms with E-state index in [1.807, 2.05) is 56.3 Å². The molecule has 23 heavy (non-hydrogen) atoms. The highest BCUT2D eigenvalue weighted by Crippen LogP contribution is 2.22. The Hall–Kier alpha value is -1.89. The largest absolute Gasteiger partial charge is 0.331 e. The maximum atomic E-state index is 6.08.